The zero-order valence-electron chi connectivity index (χ0n) is 28.0. The van der Waals surface area contributed by atoms with E-state index in [9.17, 15) is 0 Å². The van der Waals surface area contributed by atoms with E-state index in [2.05, 4.69) is 121 Å². The maximum atomic E-state index is 6.76. The fraction of sp³-hybridized carbons (Fsp3) is 0.304. The maximum Gasteiger partial charge on any atom is 0.128 e. The van der Waals surface area contributed by atoms with Crippen molar-refractivity contribution in [3.63, 3.8) is 0 Å². The highest BCUT2D eigenvalue weighted by molar-refractivity contribution is 6.10. The molecule has 48 heavy (non-hydrogen) atoms. The van der Waals surface area contributed by atoms with E-state index in [1.807, 2.05) is 0 Å². The molecule has 2 saturated carbocycles. The smallest absolute Gasteiger partial charge is 0.128 e. The number of hydrogen-bond acceptors (Lipinski definition) is 2. The molecule has 2 aliphatic carbocycles. The summed E-state index contributed by atoms with van der Waals surface area (Å²) < 4.78 is 13.5. The Balaban J connectivity index is 1.29. The van der Waals surface area contributed by atoms with Crippen LogP contribution in [0.5, 0.6) is 11.5 Å². The number of benzene rings is 6. The number of fused-ring (bicyclic) bond motifs is 2. The molecule has 0 amide bonds. The van der Waals surface area contributed by atoms with Gasteiger partial charge in [-0.1, -0.05) is 148 Å². The summed E-state index contributed by atoms with van der Waals surface area (Å²) in [5.41, 5.74) is 7.51. The normalized spacial score (nSPS) is 15.9. The first-order chi connectivity index (χ1) is 23.8. The predicted octanol–water partition coefficient (Wildman–Crippen LogP) is 12.9. The van der Waals surface area contributed by atoms with E-state index < -0.39 is 0 Å². The minimum atomic E-state index is 0.510. The summed E-state index contributed by atoms with van der Waals surface area (Å²) in [4.78, 5) is 0. The van der Waals surface area contributed by atoms with Crippen molar-refractivity contribution in [3.8, 4) is 22.6 Å². The average Bonchev–Trinajstić information content (AvgIpc) is 3.17. The van der Waals surface area contributed by atoms with Crippen molar-refractivity contribution in [2.45, 2.75) is 89.3 Å². The van der Waals surface area contributed by atoms with Crippen LogP contribution in [0.4, 0.5) is 0 Å². The highest BCUT2D eigenvalue weighted by Gasteiger charge is 2.23. The van der Waals surface area contributed by atoms with Gasteiger partial charge in [-0.15, -0.1) is 0 Å². The fourth-order valence-corrected chi connectivity index (χ4v) is 8.26. The van der Waals surface area contributed by atoms with E-state index in [0.29, 0.717) is 25.0 Å². The molecule has 0 radical (unpaired) electrons. The van der Waals surface area contributed by atoms with Crippen LogP contribution >= 0.6 is 0 Å². The lowest BCUT2D eigenvalue weighted by Gasteiger charge is -2.24. The molecular weight excluding hydrogens is 585 g/mol. The largest absolute Gasteiger partial charge is 0.488 e. The quantitative estimate of drug-likeness (QED) is 0.158. The first kappa shape index (κ1) is 30.8. The lowest BCUT2D eigenvalue weighted by atomic mass is 9.82. The first-order valence-electron chi connectivity index (χ1n) is 18.3. The first-order valence-corrected chi connectivity index (χ1v) is 18.3. The van der Waals surface area contributed by atoms with Gasteiger partial charge in [-0.3, -0.25) is 0 Å². The molecule has 0 N–H and O–H groups in total. The molecule has 0 heterocycles. The Labute approximate surface area is 285 Å². The zero-order chi connectivity index (χ0) is 32.1. The van der Waals surface area contributed by atoms with Gasteiger partial charge in [0, 0.05) is 11.1 Å². The molecule has 2 nitrogen and oxygen atoms in total. The van der Waals surface area contributed by atoms with Gasteiger partial charge in [0.2, 0.25) is 0 Å². The summed E-state index contributed by atoms with van der Waals surface area (Å²) in [6.07, 6.45) is 13.2. The molecule has 0 aliphatic heterocycles. The van der Waals surface area contributed by atoms with Gasteiger partial charge >= 0.3 is 0 Å². The Bertz CT molecular complexity index is 1840. The second-order valence-corrected chi connectivity index (χ2v) is 14.1. The minimum absolute atomic E-state index is 0.510. The van der Waals surface area contributed by atoms with E-state index in [0.717, 1.165) is 33.8 Å². The molecule has 6 aromatic rings. The van der Waals surface area contributed by atoms with Crippen LogP contribution in [0, 0.1) is 0 Å². The average molecular weight is 631 g/mol. The topological polar surface area (TPSA) is 18.5 Å². The third-order valence-electron chi connectivity index (χ3n) is 10.9. The molecular formula is C46H46O2. The molecule has 2 heteroatoms. The summed E-state index contributed by atoms with van der Waals surface area (Å²) >= 11 is 0. The van der Waals surface area contributed by atoms with Gasteiger partial charge in [0.05, 0.1) is 0 Å². The van der Waals surface area contributed by atoms with Crippen molar-refractivity contribution in [1.29, 1.82) is 0 Å². The molecule has 0 atom stereocenters. The van der Waals surface area contributed by atoms with Crippen molar-refractivity contribution in [2.75, 3.05) is 0 Å². The Morgan fingerprint density at radius 1 is 0.417 bits per heavy atom. The van der Waals surface area contributed by atoms with Crippen LogP contribution in [0.25, 0.3) is 32.7 Å². The molecule has 0 saturated heterocycles. The molecule has 8 rings (SSSR count). The highest BCUT2D eigenvalue weighted by Crippen LogP contribution is 2.47. The fourth-order valence-electron chi connectivity index (χ4n) is 8.26. The third-order valence-corrected chi connectivity index (χ3v) is 10.9. The van der Waals surface area contributed by atoms with Gasteiger partial charge in [0.15, 0.2) is 0 Å². The second kappa shape index (κ2) is 14.3. The van der Waals surface area contributed by atoms with Gasteiger partial charge in [0.1, 0.15) is 24.7 Å². The lowest BCUT2D eigenvalue weighted by molar-refractivity contribution is 0.303. The molecule has 2 aliphatic rings. The van der Waals surface area contributed by atoms with Gasteiger partial charge < -0.3 is 9.47 Å². The summed E-state index contributed by atoms with van der Waals surface area (Å²) in [6, 6.07) is 44.3. The standard InChI is InChI=1S/C46H46O2/c1-5-13-33(14-6-1)31-47-43-27-23-39-29-37(35-17-9-3-10-18-35)21-25-41(39)45(43)46-42-26-22-38(36-19-11-4-12-20-36)30-40(42)24-28-44(46)48-32-34-15-7-2-8-16-34/h1-2,5-8,13-16,21-30,35-36H,3-4,9-12,17-20,31-32H2. The summed E-state index contributed by atoms with van der Waals surface area (Å²) in [7, 11) is 0. The Kier molecular flexibility index (Phi) is 9.15. The van der Waals surface area contributed by atoms with Gasteiger partial charge in [-0.05, 0) is 93.5 Å². The van der Waals surface area contributed by atoms with Gasteiger partial charge in [-0.25, -0.2) is 0 Å². The van der Waals surface area contributed by atoms with Crippen molar-refractivity contribution in [2.24, 2.45) is 0 Å². The van der Waals surface area contributed by atoms with E-state index in [4.69, 9.17) is 9.47 Å². The van der Waals surface area contributed by atoms with Crippen molar-refractivity contribution < 1.29 is 9.47 Å². The monoisotopic (exact) mass is 630 g/mol. The van der Waals surface area contributed by atoms with Crippen LogP contribution in [0.15, 0.2) is 121 Å². The highest BCUT2D eigenvalue weighted by atomic mass is 16.5. The predicted molar refractivity (Wildman–Crippen MR) is 200 cm³/mol. The van der Waals surface area contributed by atoms with Crippen LogP contribution in [0.1, 0.15) is 98.3 Å². The maximum absolute atomic E-state index is 6.76. The molecule has 0 bridgehead atoms. The Morgan fingerprint density at radius 2 is 0.833 bits per heavy atom. The number of rotatable bonds is 9. The zero-order valence-corrected chi connectivity index (χ0v) is 28.0. The van der Waals surface area contributed by atoms with Crippen LogP contribution in [-0.2, 0) is 13.2 Å². The Hall–Kier alpha value is -4.56. The SMILES string of the molecule is c1ccc(COc2ccc3cc(C4CCCCC4)ccc3c2-c2c(OCc3ccccc3)ccc3cc(C4CCCCC4)ccc23)cc1. The van der Waals surface area contributed by atoms with E-state index in [1.54, 1.807) is 0 Å². The molecule has 242 valence electrons. The third kappa shape index (κ3) is 6.59. The van der Waals surface area contributed by atoms with Crippen molar-refractivity contribution in [3.05, 3.63) is 144 Å². The van der Waals surface area contributed by atoms with Crippen LogP contribution < -0.4 is 9.47 Å². The molecule has 6 aromatic carbocycles. The van der Waals surface area contributed by atoms with E-state index in [1.165, 1.54) is 96.9 Å². The lowest BCUT2D eigenvalue weighted by Crippen LogP contribution is -2.05. The van der Waals surface area contributed by atoms with Crippen LogP contribution in [-0.4, -0.2) is 0 Å². The Morgan fingerprint density at radius 3 is 1.25 bits per heavy atom. The molecule has 2 fully saturated rings. The minimum Gasteiger partial charge on any atom is -0.488 e. The summed E-state index contributed by atoms with van der Waals surface area (Å²) in [5, 5.41) is 4.97. The number of hydrogen-bond donors (Lipinski definition) is 0. The van der Waals surface area contributed by atoms with Crippen molar-refractivity contribution in [1.82, 2.24) is 0 Å². The molecule has 0 unspecified atom stereocenters. The second-order valence-electron chi connectivity index (χ2n) is 14.1. The van der Waals surface area contributed by atoms with Crippen LogP contribution in [0.3, 0.4) is 0 Å². The number of ether oxygens (including phenoxy) is 2. The van der Waals surface area contributed by atoms with Crippen molar-refractivity contribution >= 4 is 21.5 Å². The molecule has 0 aromatic heterocycles. The van der Waals surface area contributed by atoms with Gasteiger partial charge in [-0.2, -0.15) is 0 Å². The summed E-state index contributed by atoms with van der Waals surface area (Å²) in [5.74, 6) is 3.10. The van der Waals surface area contributed by atoms with Gasteiger partial charge in [0.25, 0.3) is 0 Å². The van der Waals surface area contributed by atoms with E-state index in [-0.39, 0.29) is 0 Å². The molecule has 0 spiro atoms. The van der Waals surface area contributed by atoms with E-state index >= 15 is 0 Å². The summed E-state index contributed by atoms with van der Waals surface area (Å²) in [6.45, 7) is 1.02. The van der Waals surface area contributed by atoms with Crippen LogP contribution in [0.2, 0.25) is 0 Å².